The van der Waals surface area contributed by atoms with Gasteiger partial charge in [-0.15, -0.1) is 5.10 Å². The van der Waals surface area contributed by atoms with E-state index in [-0.39, 0.29) is 0 Å². The largest absolute Gasteiger partial charge is 0.387 e. The Balaban J connectivity index is 1.57. The summed E-state index contributed by atoms with van der Waals surface area (Å²) in [6.45, 7) is 3.53. The summed E-state index contributed by atoms with van der Waals surface area (Å²) >= 11 is 0. The molecule has 5 nitrogen and oxygen atoms in total. The molecule has 0 aromatic carbocycles. The van der Waals surface area contributed by atoms with E-state index in [0.717, 1.165) is 25.4 Å². The maximum atomic E-state index is 10.4. The smallest absolute Gasteiger partial charge is 0.0981 e. The number of β-amino-alcohol motifs (C(OH)–C–C–N with tert-alkyl or cyclic N) is 1. The van der Waals surface area contributed by atoms with Crippen LogP contribution in [-0.2, 0) is 6.54 Å². The van der Waals surface area contributed by atoms with E-state index >= 15 is 0 Å². The predicted octanol–water partition coefficient (Wildman–Crippen LogP) is 0.125. The molecule has 3 rings (SSSR count). The fourth-order valence-corrected chi connectivity index (χ4v) is 2.51. The molecule has 2 fully saturated rings. The third-order valence-corrected chi connectivity index (χ3v) is 3.55. The average Bonchev–Trinajstić information content (AvgIpc) is 2.75. The number of aliphatic hydroxyl groups is 1. The first-order valence-electron chi connectivity index (χ1n) is 6.02. The quantitative estimate of drug-likeness (QED) is 0.786. The second kappa shape index (κ2) is 3.82. The minimum Gasteiger partial charge on any atom is -0.387 e. The molecule has 16 heavy (non-hydrogen) atoms. The molecular formula is C11H18N4O. The summed E-state index contributed by atoms with van der Waals surface area (Å²) in [4.78, 5) is 2.38. The van der Waals surface area contributed by atoms with Crippen LogP contribution in [0.4, 0.5) is 0 Å². The van der Waals surface area contributed by atoms with Crippen molar-refractivity contribution in [3.63, 3.8) is 0 Å². The fraction of sp³-hybridized carbons (Fsp3) is 0.818. The van der Waals surface area contributed by atoms with Crippen LogP contribution in [0.3, 0.4) is 0 Å². The van der Waals surface area contributed by atoms with Gasteiger partial charge in [-0.05, 0) is 25.2 Å². The van der Waals surface area contributed by atoms with Gasteiger partial charge in [0, 0.05) is 25.8 Å². The van der Waals surface area contributed by atoms with Crippen LogP contribution in [0.2, 0.25) is 0 Å². The van der Waals surface area contributed by atoms with E-state index in [1.54, 1.807) is 10.9 Å². The molecule has 2 aliphatic rings. The molecule has 88 valence electrons. The molecule has 1 N–H and O–H groups in total. The SMILES string of the molecule is OC1(Cn2ccnn2)CCN(CC2CC2)C1. The second-order valence-electron chi connectivity index (χ2n) is 5.25. The lowest BCUT2D eigenvalue weighted by Crippen LogP contribution is -2.38. The van der Waals surface area contributed by atoms with Gasteiger partial charge in [0.1, 0.15) is 0 Å². The number of hydrogen-bond acceptors (Lipinski definition) is 4. The molecule has 1 aromatic rings. The van der Waals surface area contributed by atoms with Crippen molar-refractivity contribution in [2.24, 2.45) is 5.92 Å². The minimum absolute atomic E-state index is 0.564. The third kappa shape index (κ3) is 2.25. The Kier molecular flexibility index (Phi) is 2.44. The van der Waals surface area contributed by atoms with Crippen LogP contribution in [0.1, 0.15) is 19.3 Å². The van der Waals surface area contributed by atoms with E-state index in [1.165, 1.54) is 19.4 Å². The van der Waals surface area contributed by atoms with E-state index in [4.69, 9.17) is 0 Å². The van der Waals surface area contributed by atoms with Crippen LogP contribution in [0.5, 0.6) is 0 Å². The average molecular weight is 222 g/mol. The summed E-state index contributed by atoms with van der Waals surface area (Å²) in [5, 5.41) is 18.1. The fourth-order valence-electron chi connectivity index (χ4n) is 2.51. The molecule has 1 aromatic heterocycles. The summed E-state index contributed by atoms with van der Waals surface area (Å²) in [5.74, 6) is 0.897. The summed E-state index contributed by atoms with van der Waals surface area (Å²) in [6.07, 6.45) is 7.05. The molecular weight excluding hydrogens is 204 g/mol. The Morgan fingerprint density at radius 1 is 1.44 bits per heavy atom. The van der Waals surface area contributed by atoms with Gasteiger partial charge in [-0.1, -0.05) is 5.21 Å². The second-order valence-corrected chi connectivity index (χ2v) is 5.25. The zero-order valence-corrected chi connectivity index (χ0v) is 9.42. The van der Waals surface area contributed by atoms with Crippen LogP contribution >= 0.6 is 0 Å². The van der Waals surface area contributed by atoms with Gasteiger partial charge < -0.3 is 10.0 Å². The van der Waals surface area contributed by atoms with Crippen molar-refractivity contribution in [2.75, 3.05) is 19.6 Å². The van der Waals surface area contributed by atoms with Crippen LogP contribution in [0.25, 0.3) is 0 Å². The summed E-state index contributed by atoms with van der Waals surface area (Å²) in [6, 6.07) is 0. The topological polar surface area (TPSA) is 54.2 Å². The minimum atomic E-state index is -0.609. The van der Waals surface area contributed by atoms with E-state index in [0.29, 0.717) is 6.54 Å². The van der Waals surface area contributed by atoms with Crippen LogP contribution in [0.15, 0.2) is 12.4 Å². The lowest BCUT2D eigenvalue weighted by molar-refractivity contribution is 0.0278. The number of likely N-dealkylation sites (tertiary alicyclic amines) is 1. The maximum absolute atomic E-state index is 10.4. The standard InChI is InChI=1S/C11H18N4O/c16-11(9-15-6-4-12-13-15)3-5-14(8-11)7-10-1-2-10/h4,6,10,16H,1-3,5,7-9H2. The number of aromatic nitrogens is 3. The zero-order valence-electron chi connectivity index (χ0n) is 9.42. The highest BCUT2D eigenvalue weighted by molar-refractivity contribution is 4.92. The molecule has 1 saturated heterocycles. The van der Waals surface area contributed by atoms with Crippen LogP contribution in [-0.4, -0.2) is 50.2 Å². The molecule has 0 spiro atoms. The Bertz CT molecular complexity index is 349. The highest BCUT2D eigenvalue weighted by Gasteiger charge is 2.38. The van der Waals surface area contributed by atoms with Crippen molar-refractivity contribution in [1.82, 2.24) is 19.9 Å². The maximum Gasteiger partial charge on any atom is 0.0981 e. The Labute approximate surface area is 95.1 Å². The van der Waals surface area contributed by atoms with E-state index in [9.17, 15) is 5.11 Å². The van der Waals surface area contributed by atoms with Gasteiger partial charge in [-0.25, -0.2) is 4.68 Å². The normalized spacial score (nSPS) is 31.1. The lowest BCUT2D eigenvalue weighted by atomic mass is 10.0. The molecule has 1 aliphatic carbocycles. The number of nitrogens with zero attached hydrogens (tertiary/aromatic N) is 4. The van der Waals surface area contributed by atoms with Crippen molar-refractivity contribution < 1.29 is 5.11 Å². The molecule has 1 saturated carbocycles. The summed E-state index contributed by atoms with van der Waals surface area (Å²) < 4.78 is 1.72. The van der Waals surface area contributed by atoms with Crippen molar-refractivity contribution in [3.8, 4) is 0 Å². The summed E-state index contributed by atoms with van der Waals surface area (Å²) in [7, 11) is 0. The zero-order chi connectivity index (χ0) is 11.0. The first-order chi connectivity index (χ1) is 7.73. The van der Waals surface area contributed by atoms with Crippen molar-refractivity contribution in [3.05, 3.63) is 12.4 Å². The Morgan fingerprint density at radius 3 is 3.00 bits per heavy atom. The van der Waals surface area contributed by atoms with E-state index in [2.05, 4.69) is 15.2 Å². The van der Waals surface area contributed by atoms with Gasteiger partial charge in [0.25, 0.3) is 0 Å². The third-order valence-electron chi connectivity index (χ3n) is 3.55. The van der Waals surface area contributed by atoms with E-state index < -0.39 is 5.60 Å². The molecule has 1 aliphatic heterocycles. The predicted molar refractivity (Wildman–Crippen MR) is 58.8 cm³/mol. The highest BCUT2D eigenvalue weighted by atomic mass is 16.3. The van der Waals surface area contributed by atoms with E-state index in [1.807, 2.05) is 6.20 Å². The van der Waals surface area contributed by atoms with Crippen molar-refractivity contribution >= 4 is 0 Å². The first kappa shape index (κ1) is 10.2. The number of hydrogen-bond donors (Lipinski definition) is 1. The van der Waals surface area contributed by atoms with Crippen LogP contribution in [0, 0.1) is 5.92 Å². The Hall–Kier alpha value is -0.940. The van der Waals surface area contributed by atoms with Gasteiger partial charge in [-0.2, -0.15) is 0 Å². The number of rotatable bonds is 4. The monoisotopic (exact) mass is 222 g/mol. The molecule has 0 radical (unpaired) electrons. The molecule has 0 amide bonds. The van der Waals surface area contributed by atoms with Gasteiger partial charge in [0.05, 0.1) is 18.3 Å². The van der Waals surface area contributed by atoms with Crippen molar-refractivity contribution in [2.45, 2.75) is 31.4 Å². The van der Waals surface area contributed by atoms with Gasteiger partial charge in [0.2, 0.25) is 0 Å². The summed E-state index contributed by atoms with van der Waals surface area (Å²) in [5.41, 5.74) is -0.609. The molecule has 0 bridgehead atoms. The highest BCUT2D eigenvalue weighted by Crippen LogP contribution is 2.32. The van der Waals surface area contributed by atoms with Gasteiger partial charge in [0.15, 0.2) is 0 Å². The lowest BCUT2D eigenvalue weighted by Gasteiger charge is -2.23. The van der Waals surface area contributed by atoms with Crippen LogP contribution < -0.4 is 0 Å². The van der Waals surface area contributed by atoms with Gasteiger partial charge in [-0.3, -0.25) is 0 Å². The molecule has 5 heteroatoms. The molecule has 2 heterocycles. The molecule has 1 unspecified atom stereocenters. The Morgan fingerprint density at radius 2 is 2.31 bits per heavy atom. The first-order valence-corrected chi connectivity index (χ1v) is 6.02. The van der Waals surface area contributed by atoms with Crippen molar-refractivity contribution in [1.29, 1.82) is 0 Å². The molecule has 1 atom stereocenters. The van der Waals surface area contributed by atoms with Gasteiger partial charge >= 0.3 is 0 Å².